The number of hydrogen-bond donors (Lipinski definition) is 0. The maximum Gasteiger partial charge on any atom is 0.243 e. The Kier molecular flexibility index (Phi) is 4.50. The molecule has 1 atom stereocenters. The highest BCUT2D eigenvalue weighted by Gasteiger charge is 2.30. The van der Waals surface area contributed by atoms with Gasteiger partial charge in [-0.05, 0) is 31.0 Å². The van der Waals surface area contributed by atoms with Gasteiger partial charge in [-0.3, -0.25) is 0 Å². The number of sulfonamides is 1. The van der Waals surface area contributed by atoms with Gasteiger partial charge in [-0.15, -0.1) is 0 Å². The summed E-state index contributed by atoms with van der Waals surface area (Å²) in [5, 5.41) is 0.546. The Bertz CT molecular complexity index is 568. The molecule has 0 radical (unpaired) electrons. The van der Waals surface area contributed by atoms with Crippen LogP contribution in [-0.4, -0.2) is 32.1 Å². The largest absolute Gasteiger partial charge is 0.303 e. The molecule has 2 rings (SSSR count). The van der Waals surface area contributed by atoms with Gasteiger partial charge in [-0.25, -0.2) is 8.42 Å². The summed E-state index contributed by atoms with van der Waals surface area (Å²) >= 11 is 11.7. The van der Waals surface area contributed by atoms with Crippen molar-refractivity contribution in [1.82, 2.24) is 4.31 Å². The van der Waals surface area contributed by atoms with Crippen molar-refractivity contribution in [3.05, 3.63) is 28.2 Å². The third kappa shape index (κ3) is 3.28. The Balaban J connectivity index is 2.33. The maximum absolute atomic E-state index is 12.4. The van der Waals surface area contributed by atoms with E-state index in [0.717, 1.165) is 12.7 Å². The van der Waals surface area contributed by atoms with Crippen LogP contribution in [0.4, 0.5) is 0 Å². The first-order valence-corrected chi connectivity index (χ1v) is 8.04. The molecule has 0 amide bonds. The summed E-state index contributed by atoms with van der Waals surface area (Å²) in [6.45, 7) is 0.632. The topological polar surface area (TPSA) is 54.5 Å². The smallest absolute Gasteiger partial charge is 0.243 e. The molecule has 0 saturated carbocycles. The second kappa shape index (κ2) is 5.79. The standard InChI is InChI=1S/C12H13Cl2NO3S/c13-10-4-11(14)6-12(5-10)19(17,18)15-3-1-2-9(7-15)8-16/h4-6,8-9H,1-3,7H2. The molecule has 1 unspecified atom stereocenters. The summed E-state index contributed by atoms with van der Waals surface area (Å²) in [4.78, 5) is 10.9. The van der Waals surface area contributed by atoms with Crippen molar-refractivity contribution < 1.29 is 13.2 Å². The highest BCUT2D eigenvalue weighted by atomic mass is 35.5. The number of aldehydes is 1. The molecule has 7 heteroatoms. The van der Waals surface area contributed by atoms with Crippen molar-refractivity contribution in [3.63, 3.8) is 0 Å². The second-order valence-corrected chi connectivity index (χ2v) is 7.32. The number of benzene rings is 1. The Morgan fingerprint density at radius 3 is 2.42 bits per heavy atom. The molecule has 1 aliphatic heterocycles. The fourth-order valence-corrected chi connectivity index (χ4v) is 4.39. The monoisotopic (exact) mass is 321 g/mol. The van der Waals surface area contributed by atoms with Crippen LogP contribution in [0.5, 0.6) is 0 Å². The van der Waals surface area contributed by atoms with Crippen LogP contribution >= 0.6 is 23.2 Å². The number of halogens is 2. The van der Waals surface area contributed by atoms with Crippen molar-refractivity contribution in [2.45, 2.75) is 17.7 Å². The molecule has 1 aliphatic rings. The van der Waals surface area contributed by atoms with E-state index in [1.54, 1.807) is 0 Å². The zero-order valence-electron chi connectivity index (χ0n) is 10.1. The van der Waals surface area contributed by atoms with E-state index < -0.39 is 10.0 Å². The zero-order chi connectivity index (χ0) is 14.0. The van der Waals surface area contributed by atoms with Crippen molar-refractivity contribution in [3.8, 4) is 0 Å². The molecule has 4 nitrogen and oxygen atoms in total. The van der Waals surface area contributed by atoms with Crippen LogP contribution < -0.4 is 0 Å². The fourth-order valence-electron chi connectivity index (χ4n) is 2.13. The molecule has 104 valence electrons. The minimum absolute atomic E-state index is 0.0662. The molecule has 19 heavy (non-hydrogen) atoms. The predicted octanol–water partition coefficient (Wildman–Crippen LogP) is 2.59. The number of piperidine rings is 1. The molecule has 0 bridgehead atoms. The lowest BCUT2D eigenvalue weighted by Crippen LogP contribution is -2.40. The van der Waals surface area contributed by atoms with Crippen molar-refractivity contribution in [1.29, 1.82) is 0 Å². The molecule has 1 aromatic carbocycles. The molecule has 1 heterocycles. The summed E-state index contributed by atoms with van der Waals surface area (Å²) in [6.07, 6.45) is 2.22. The predicted molar refractivity (Wildman–Crippen MR) is 74.0 cm³/mol. The van der Waals surface area contributed by atoms with Gasteiger partial charge >= 0.3 is 0 Å². The highest BCUT2D eigenvalue weighted by Crippen LogP contribution is 2.27. The van der Waals surface area contributed by atoms with Gasteiger partial charge in [-0.1, -0.05) is 23.2 Å². The van der Waals surface area contributed by atoms with Gasteiger partial charge in [0.05, 0.1) is 4.90 Å². The van der Waals surface area contributed by atoms with E-state index >= 15 is 0 Å². The average molecular weight is 322 g/mol. The number of hydrogen-bond acceptors (Lipinski definition) is 3. The molecule has 0 spiro atoms. The Morgan fingerprint density at radius 2 is 1.84 bits per heavy atom. The van der Waals surface area contributed by atoms with Gasteiger partial charge < -0.3 is 4.79 Å². The van der Waals surface area contributed by atoms with Crippen LogP contribution in [0.2, 0.25) is 10.0 Å². The SMILES string of the molecule is O=CC1CCCN(S(=O)(=O)c2cc(Cl)cc(Cl)c2)C1. The number of nitrogens with zero attached hydrogens (tertiary/aromatic N) is 1. The average Bonchev–Trinajstić information content (AvgIpc) is 2.37. The molecular formula is C12H13Cl2NO3S. The molecule has 0 aromatic heterocycles. The normalized spacial score (nSPS) is 21.3. The van der Waals surface area contributed by atoms with Gasteiger partial charge in [0.15, 0.2) is 0 Å². The lowest BCUT2D eigenvalue weighted by Gasteiger charge is -2.29. The lowest BCUT2D eigenvalue weighted by atomic mass is 10.0. The number of carbonyl (C=O) groups excluding carboxylic acids is 1. The summed E-state index contributed by atoms with van der Waals surface area (Å²) in [5.41, 5.74) is 0. The maximum atomic E-state index is 12.4. The first-order chi connectivity index (χ1) is 8.93. The Morgan fingerprint density at radius 1 is 1.21 bits per heavy atom. The van der Waals surface area contributed by atoms with Crippen LogP contribution in [0.15, 0.2) is 23.1 Å². The number of carbonyl (C=O) groups is 1. The van der Waals surface area contributed by atoms with Crippen LogP contribution in [0, 0.1) is 5.92 Å². The molecule has 0 N–H and O–H groups in total. The first-order valence-electron chi connectivity index (χ1n) is 5.85. The third-order valence-electron chi connectivity index (χ3n) is 3.09. The van der Waals surface area contributed by atoms with Crippen LogP contribution in [0.1, 0.15) is 12.8 Å². The molecule has 1 aromatic rings. The molecule has 1 fully saturated rings. The van der Waals surface area contributed by atoms with E-state index in [2.05, 4.69) is 0 Å². The van der Waals surface area contributed by atoms with E-state index in [-0.39, 0.29) is 27.4 Å². The Labute approximate surface area is 122 Å². The third-order valence-corrected chi connectivity index (χ3v) is 5.37. The minimum Gasteiger partial charge on any atom is -0.303 e. The first kappa shape index (κ1) is 14.8. The van der Waals surface area contributed by atoms with E-state index in [1.165, 1.54) is 22.5 Å². The van der Waals surface area contributed by atoms with Crippen LogP contribution in [0.25, 0.3) is 0 Å². The van der Waals surface area contributed by atoms with E-state index in [9.17, 15) is 13.2 Å². The van der Waals surface area contributed by atoms with Gasteiger partial charge in [0.25, 0.3) is 0 Å². The van der Waals surface area contributed by atoms with Gasteiger partial charge in [0, 0.05) is 29.1 Å². The van der Waals surface area contributed by atoms with Gasteiger partial charge in [0.1, 0.15) is 6.29 Å². The van der Waals surface area contributed by atoms with Gasteiger partial charge in [-0.2, -0.15) is 4.31 Å². The van der Waals surface area contributed by atoms with E-state index in [1.807, 2.05) is 0 Å². The highest BCUT2D eigenvalue weighted by molar-refractivity contribution is 7.89. The fraction of sp³-hybridized carbons (Fsp3) is 0.417. The molecule has 0 aliphatic carbocycles. The van der Waals surface area contributed by atoms with Crippen molar-refractivity contribution in [2.24, 2.45) is 5.92 Å². The summed E-state index contributed by atoms with van der Waals surface area (Å²) in [5.74, 6) is -0.238. The summed E-state index contributed by atoms with van der Waals surface area (Å²) in [6, 6.07) is 4.22. The van der Waals surface area contributed by atoms with Gasteiger partial charge in [0.2, 0.25) is 10.0 Å². The molecule has 1 saturated heterocycles. The van der Waals surface area contributed by atoms with Crippen molar-refractivity contribution >= 4 is 39.5 Å². The van der Waals surface area contributed by atoms with Crippen LogP contribution in [0.3, 0.4) is 0 Å². The summed E-state index contributed by atoms with van der Waals surface area (Å²) < 4.78 is 26.2. The van der Waals surface area contributed by atoms with Crippen LogP contribution in [-0.2, 0) is 14.8 Å². The lowest BCUT2D eigenvalue weighted by molar-refractivity contribution is -0.112. The zero-order valence-corrected chi connectivity index (χ0v) is 12.4. The number of rotatable bonds is 3. The van der Waals surface area contributed by atoms with E-state index in [0.29, 0.717) is 13.0 Å². The summed E-state index contributed by atoms with van der Waals surface area (Å²) in [7, 11) is -3.64. The molecular weight excluding hydrogens is 309 g/mol. The van der Waals surface area contributed by atoms with Crippen molar-refractivity contribution in [2.75, 3.05) is 13.1 Å². The minimum atomic E-state index is -3.64. The second-order valence-electron chi connectivity index (χ2n) is 4.51. The quantitative estimate of drug-likeness (QED) is 0.804. The van der Waals surface area contributed by atoms with E-state index in [4.69, 9.17) is 23.2 Å². The Hall–Kier alpha value is -0.620.